The molecule has 0 aliphatic rings. The van der Waals surface area contributed by atoms with Gasteiger partial charge < -0.3 is 10.2 Å². The highest BCUT2D eigenvalue weighted by Gasteiger charge is 2.17. The summed E-state index contributed by atoms with van der Waals surface area (Å²) < 4.78 is 1.60. The number of nitrogens with one attached hydrogen (secondary N) is 1. The van der Waals surface area contributed by atoms with E-state index in [4.69, 9.17) is 0 Å². The van der Waals surface area contributed by atoms with E-state index in [0.717, 1.165) is 18.5 Å². The molecule has 1 N–H and O–H groups in total. The molecule has 0 saturated heterocycles. The lowest BCUT2D eigenvalue weighted by Gasteiger charge is -2.23. The molecule has 1 atom stereocenters. The summed E-state index contributed by atoms with van der Waals surface area (Å²) in [6, 6.07) is 2.14. The van der Waals surface area contributed by atoms with E-state index in [1.165, 1.54) is 0 Å². The minimum Gasteiger partial charge on any atom is -0.348 e. The Morgan fingerprint density at radius 1 is 1.43 bits per heavy atom. The first-order chi connectivity index (χ1) is 10.0. The molecule has 0 aromatic carbocycles. The number of nitrogens with zero attached hydrogens (tertiary/aromatic N) is 5. The van der Waals surface area contributed by atoms with Crippen molar-refractivity contribution in [3.05, 3.63) is 23.8 Å². The molecular weight excluding hydrogens is 268 g/mol. The van der Waals surface area contributed by atoms with Gasteiger partial charge in [-0.3, -0.25) is 9.20 Å². The van der Waals surface area contributed by atoms with Crippen molar-refractivity contribution in [3.63, 3.8) is 0 Å². The van der Waals surface area contributed by atoms with Crippen LogP contribution < -0.4 is 5.32 Å². The number of aromatic nitrogens is 4. The summed E-state index contributed by atoms with van der Waals surface area (Å²) in [6.45, 7) is 4.60. The van der Waals surface area contributed by atoms with Gasteiger partial charge in [-0.2, -0.15) is 0 Å². The lowest BCUT2D eigenvalue weighted by atomic mass is 10.1. The summed E-state index contributed by atoms with van der Waals surface area (Å²) in [7, 11) is 4.04. The molecule has 2 aromatic heterocycles. The quantitative estimate of drug-likeness (QED) is 0.855. The molecule has 0 fully saturated rings. The molecule has 7 nitrogen and oxygen atoms in total. The molecule has 2 rings (SSSR count). The van der Waals surface area contributed by atoms with Gasteiger partial charge in [-0.15, -0.1) is 10.2 Å². The Bertz CT molecular complexity index is 621. The second-order valence-electron chi connectivity index (χ2n) is 5.38. The van der Waals surface area contributed by atoms with Gasteiger partial charge in [0.15, 0.2) is 0 Å². The summed E-state index contributed by atoms with van der Waals surface area (Å²) in [5.41, 5.74) is 0.845. The molecule has 0 spiro atoms. The van der Waals surface area contributed by atoms with Crippen LogP contribution in [0.1, 0.15) is 36.1 Å². The molecule has 2 aromatic rings. The van der Waals surface area contributed by atoms with Crippen LogP contribution in [0.25, 0.3) is 5.78 Å². The largest absolute Gasteiger partial charge is 0.348 e. The molecule has 0 aliphatic heterocycles. The zero-order chi connectivity index (χ0) is 15.4. The number of carbonyl (C=O) groups excluding carboxylic acids is 1. The first-order valence-electron chi connectivity index (χ1n) is 7.16. The van der Waals surface area contributed by atoms with Crippen molar-refractivity contribution in [2.45, 2.75) is 32.7 Å². The highest BCUT2D eigenvalue weighted by Crippen LogP contribution is 2.04. The number of hydrogen-bond acceptors (Lipinski definition) is 5. The molecule has 21 heavy (non-hydrogen) atoms. The summed E-state index contributed by atoms with van der Waals surface area (Å²) >= 11 is 0. The Hall–Kier alpha value is -2.02. The van der Waals surface area contributed by atoms with E-state index in [-0.39, 0.29) is 11.7 Å². The van der Waals surface area contributed by atoms with Crippen molar-refractivity contribution in [2.75, 3.05) is 20.6 Å². The molecule has 0 aliphatic carbocycles. The lowest BCUT2D eigenvalue weighted by molar-refractivity contribution is 0.0929. The number of amides is 1. The highest BCUT2D eigenvalue weighted by atomic mass is 16.2. The third kappa shape index (κ3) is 3.55. The number of rotatable bonds is 6. The van der Waals surface area contributed by atoms with E-state index in [2.05, 4.69) is 32.3 Å². The van der Waals surface area contributed by atoms with E-state index < -0.39 is 0 Å². The average Bonchev–Trinajstić information content (AvgIpc) is 2.85. The maximum absolute atomic E-state index is 12.3. The molecule has 0 saturated carbocycles. The monoisotopic (exact) mass is 290 g/mol. The number of fused-ring (bicyclic) bond motifs is 1. The zero-order valence-electron chi connectivity index (χ0n) is 13.0. The van der Waals surface area contributed by atoms with Gasteiger partial charge in [-0.05, 0) is 33.5 Å². The van der Waals surface area contributed by atoms with Crippen molar-refractivity contribution in [2.24, 2.45) is 0 Å². The average molecular weight is 290 g/mol. The van der Waals surface area contributed by atoms with Crippen LogP contribution in [0, 0.1) is 6.92 Å². The zero-order valence-corrected chi connectivity index (χ0v) is 13.0. The Balaban J connectivity index is 2.08. The normalized spacial score (nSPS) is 12.8. The summed E-state index contributed by atoms with van der Waals surface area (Å²) in [5, 5.41) is 10.8. The third-order valence-corrected chi connectivity index (χ3v) is 3.47. The van der Waals surface area contributed by atoms with Gasteiger partial charge in [0.25, 0.3) is 11.7 Å². The van der Waals surface area contributed by atoms with Gasteiger partial charge in [0, 0.05) is 24.5 Å². The van der Waals surface area contributed by atoms with Gasteiger partial charge in [0.05, 0.1) is 0 Å². The van der Waals surface area contributed by atoms with E-state index in [1.807, 2.05) is 27.1 Å². The van der Waals surface area contributed by atoms with Crippen molar-refractivity contribution in [1.82, 2.24) is 29.8 Å². The maximum Gasteiger partial charge on any atom is 0.289 e. The molecule has 0 bridgehead atoms. The van der Waals surface area contributed by atoms with Crippen molar-refractivity contribution >= 4 is 11.7 Å². The van der Waals surface area contributed by atoms with Crippen LogP contribution in [0.2, 0.25) is 0 Å². The predicted molar refractivity (Wildman–Crippen MR) is 80.2 cm³/mol. The van der Waals surface area contributed by atoms with Crippen LogP contribution in [-0.2, 0) is 0 Å². The van der Waals surface area contributed by atoms with Gasteiger partial charge in [0.1, 0.15) is 0 Å². The topological polar surface area (TPSA) is 75.4 Å². The number of hydrogen-bond donors (Lipinski definition) is 1. The third-order valence-electron chi connectivity index (χ3n) is 3.47. The van der Waals surface area contributed by atoms with Gasteiger partial charge in [-0.25, -0.2) is 4.98 Å². The first-order valence-corrected chi connectivity index (χ1v) is 7.16. The molecule has 2 heterocycles. The second-order valence-corrected chi connectivity index (χ2v) is 5.38. The fourth-order valence-electron chi connectivity index (χ4n) is 2.19. The first kappa shape index (κ1) is 15.4. The summed E-state index contributed by atoms with van der Waals surface area (Å²) in [4.78, 5) is 18.6. The van der Waals surface area contributed by atoms with E-state index in [0.29, 0.717) is 18.4 Å². The van der Waals surface area contributed by atoms with Crippen LogP contribution in [0.3, 0.4) is 0 Å². The highest BCUT2D eigenvalue weighted by molar-refractivity contribution is 5.91. The van der Waals surface area contributed by atoms with Crippen LogP contribution >= 0.6 is 0 Å². The van der Waals surface area contributed by atoms with Crippen molar-refractivity contribution in [3.8, 4) is 0 Å². The van der Waals surface area contributed by atoms with Crippen LogP contribution in [0.15, 0.2) is 12.3 Å². The lowest BCUT2D eigenvalue weighted by Crippen LogP contribution is -2.40. The predicted octanol–water partition coefficient (Wildman–Crippen LogP) is 0.893. The van der Waals surface area contributed by atoms with Crippen LogP contribution in [0.4, 0.5) is 0 Å². The molecule has 0 radical (unpaired) electrons. The van der Waals surface area contributed by atoms with Gasteiger partial charge in [0.2, 0.25) is 5.82 Å². The number of likely N-dealkylation sites (N-methyl/N-ethyl adjacent to an activating group) is 1. The molecular formula is C14H22N6O. The number of aryl methyl sites for hydroxylation is 1. The Labute approximate surface area is 124 Å². The minimum absolute atomic E-state index is 0.226. The fourth-order valence-corrected chi connectivity index (χ4v) is 2.19. The number of carbonyl (C=O) groups is 1. The Morgan fingerprint density at radius 3 is 2.86 bits per heavy atom. The van der Waals surface area contributed by atoms with Gasteiger partial charge >= 0.3 is 0 Å². The van der Waals surface area contributed by atoms with E-state index in [1.54, 1.807) is 10.6 Å². The summed E-state index contributed by atoms with van der Waals surface area (Å²) in [6.07, 6.45) is 3.88. The SMILES string of the molecule is CCCC(CNC(=O)c1nnc2nc(C)ccn12)N(C)C. The fraction of sp³-hybridized carbons (Fsp3) is 0.571. The molecule has 7 heteroatoms. The van der Waals surface area contributed by atoms with Crippen molar-refractivity contribution < 1.29 is 4.79 Å². The molecule has 114 valence electrons. The van der Waals surface area contributed by atoms with Gasteiger partial charge in [-0.1, -0.05) is 13.3 Å². The van der Waals surface area contributed by atoms with Crippen LogP contribution in [-0.4, -0.2) is 57.1 Å². The molecule has 1 amide bonds. The Kier molecular flexibility index (Phi) is 4.85. The Morgan fingerprint density at radius 2 is 2.19 bits per heavy atom. The van der Waals surface area contributed by atoms with E-state index in [9.17, 15) is 4.79 Å². The van der Waals surface area contributed by atoms with Crippen molar-refractivity contribution in [1.29, 1.82) is 0 Å². The minimum atomic E-state index is -0.226. The standard InChI is InChI=1S/C14H22N6O/c1-5-6-11(19(3)4)9-15-13(21)12-17-18-14-16-10(2)7-8-20(12)14/h7-8,11H,5-6,9H2,1-4H3,(H,15,21). The second kappa shape index (κ2) is 6.62. The summed E-state index contributed by atoms with van der Waals surface area (Å²) in [5.74, 6) is 0.487. The van der Waals surface area contributed by atoms with E-state index >= 15 is 0 Å². The maximum atomic E-state index is 12.3. The smallest absolute Gasteiger partial charge is 0.289 e. The molecule has 1 unspecified atom stereocenters. The van der Waals surface area contributed by atoms with Crippen LogP contribution in [0.5, 0.6) is 0 Å².